The summed E-state index contributed by atoms with van der Waals surface area (Å²) in [5.41, 5.74) is 3.77. The molecule has 0 radical (unpaired) electrons. The van der Waals surface area contributed by atoms with Crippen LogP contribution in [0.3, 0.4) is 0 Å². The van der Waals surface area contributed by atoms with Gasteiger partial charge in [0.2, 0.25) is 0 Å². The SMILES string of the molecule is COc1ccc(CCN(CCCC[C@@H](CN(C(=O)Nc2ccccc2)[C@@H](CNC(=O)Nc2ccccc2)CC2CCCCC2)N(C)C(=O)Nc2ccccc2)C(=O)Nc2ccccc2)cc1. The standard InChI is InChI=1S/C53H66N8O5/c1-59(51(63)56-44-24-12-5-13-25-44)47(30-18-19-36-60(52(64)57-45-26-14-6-15-27-45)37-35-41-31-33-49(66-2)34-32-41)40-61(53(65)58-46-28-16-7-17-29-46)48(38-42-20-8-3-9-21-42)39-54-50(62)55-43-22-10-4-11-23-43/h4-7,10-17,22-29,31-34,42,47-48H,3,8-9,18-21,30,35-40H2,1-2H3,(H,56,63)(H,57,64)(H,58,65)(H2,54,55,62)/t47-,48+/m0/s1. The van der Waals surface area contributed by atoms with Crippen LogP contribution in [-0.2, 0) is 6.42 Å². The van der Waals surface area contributed by atoms with E-state index >= 15 is 0 Å². The predicted molar refractivity (Wildman–Crippen MR) is 265 cm³/mol. The van der Waals surface area contributed by atoms with Gasteiger partial charge in [0.25, 0.3) is 0 Å². The summed E-state index contributed by atoms with van der Waals surface area (Å²) in [4.78, 5) is 61.4. The molecule has 1 saturated carbocycles. The van der Waals surface area contributed by atoms with Crippen LogP contribution < -0.4 is 31.3 Å². The van der Waals surface area contributed by atoms with E-state index in [-0.39, 0.29) is 43.3 Å². The van der Waals surface area contributed by atoms with Crippen LogP contribution in [0.15, 0.2) is 146 Å². The van der Waals surface area contributed by atoms with Crippen molar-refractivity contribution in [3.05, 3.63) is 151 Å². The molecule has 1 fully saturated rings. The largest absolute Gasteiger partial charge is 0.497 e. The van der Waals surface area contributed by atoms with Gasteiger partial charge < -0.3 is 46.0 Å². The maximum atomic E-state index is 14.7. The Morgan fingerprint density at radius 1 is 0.591 bits per heavy atom. The number of methoxy groups -OCH3 is 1. The lowest BCUT2D eigenvalue weighted by molar-refractivity contribution is 0.131. The lowest BCUT2D eigenvalue weighted by Gasteiger charge is -2.39. The van der Waals surface area contributed by atoms with Gasteiger partial charge in [0.15, 0.2) is 0 Å². The van der Waals surface area contributed by atoms with Crippen molar-refractivity contribution in [1.82, 2.24) is 20.0 Å². The number of likely N-dealkylation sites (N-methyl/N-ethyl adjacent to an activating group) is 1. The Labute approximate surface area is 390 Å². The molecule has 66 heavy (non-hydrogen) atoms. The molecule has 5 N–H and O–H groups in total. The number of hydrogen-bond acceptors (Lipinski definition) is 5. The highest BCUT2D eigenvalue weighted by atomic mass is 16.5. The average Bonchev–Trinajstić information content (AvgIpc) is 3.35. The first-order chi connectivity index (χ1) is 32.2. The quantitative estimate of drug-likeness (QED) is 0.0465. The highest BCUT2D eigenvalue weighted by Crippen LogP contribution is 2.30. The van der Waals surface area contributed by atoms with Gasteiger partial charge in [-0.05, 0) is 104 Å². The highest BCUT2D eigenvalue weighted by Gasteiger charge is 2.32. The maximum absolute atomic E-state index is 14.7. The number of carbonyl (C=O) groups is 4. The minimum Gasteiger partial charge on any atom is -0.497 e. The molecule has 1 aliphatic carbocycles. The molecule has 8 amide bonds. The third-order valence-electron chi connectivity index (χ3n) is 12.2. The number of rotatable bonds is 21. The van der Waals surface area contributed by atoms with E-state index < -0.39 is 6.04 Å². The van der Waals surface area contributed by atoms with Crippen molar-refractivity contribution in [1.29, 1.82) is 0 Å². The minimum absolute atomic E-state index is 0.191. The molecule has 1 aliphatic rings. The molecule has 13 heteroatoms. The molecule has 0 heterocycles. The Kier molecular flexibility index (Phi) is 19.1. The third-order valence-corrected chi connectivity index (χ3v) is 12.2. The first-order valence-corrected chi connectivity index (χ1v) is 23.3. The fourth-order valence-electron chi connectivity index (χ4n) is 8.46. The van der Waals surface area contributed by atoms with E-state index in [4.69, 9.17) is 4.74 Å². The topological polar surface area (TPSA) is 147 Å². The fraction of sp³-hybridized carbons (Fsp3) is 0.358. The molecule has 13 nitrogen and oxygen atoms in total. The van der Waals surface area contributed by atoms with Crippen LogP contribution in [0.4, 0.5) is 41.9 Å². The lowest BCUT2D eigenvalue weighted by Crippen LogP contribution is -2.55. The first-order valence-electron chi connectivity index (χ1n) is 23.3. The average molecular weight is 895 g/mol. The first kappa shape index (κ1) is 48.4. The Morgan fingerprint density at radius 2 is 1.11 bits per heavy atom. The van der Waals surface area contributed by atoms with Crippen LogP contribution in [0.25, 0.3) is 0 Å². The van der Waals surface area contributed by atoms with Gasteiger partial charge in [-0.2, -0.15) is 0 Å². The van der Waals surface area contributed by atoms with E-state index in [1.165, 1.54) is 6.42 Å². The van der Waals surface area contributed by atoms with Gasteiger partial charge in [-0.25, -0.2) is 19.2 Å². The van der Waals surface area contributed by atoms with Crippen LogP contribution in [-0.4, -0.2) is 91.2 Å². The molecular weight excluding hydrogens is 829 g/mol. The van der Waals surface area contributed by atoms with Crippen LogP contribution in [0.5, 0.6) is 5.75 Å². The van der Waals surface area contributed by atoms with E-state index in [0.29, 0.717) is 73.9 Å². The second-order valence-electron chi connectivity index (χ2n) is 17.0. The van der Waals surface area contributed by atoms with E-state index in [1.807, 2.05) is 155 Å². The second kappa shape index (κ2) is 26.1. The number of carbonyl (C=O) groups excluding carboxylic acids is 4. The van der Waals surface area contributed by atoms with E-state index in [9.17, 15) is 19.2 Å². The number of para-hydroxylation sites is 4. The number of ether oxygens (including phenoxy) is 1. The number of amides is 8. The highest BCUT2D eigenvalue weighted by molar-refractivity contribution is 5.92. The Morgan fingerprint density at radius 3 is 1.65 bits per heavy atom. The van der Waals surface area contributed by atoms with Gasteiger partial charge in [-0.15, -0.1) is 0 Å². The summed E-state index contributed by atoms with van der Waals surface area (Å²) >= 11 is 0. The molecular formula is C53H66N8O5. The lowest BCUT2D eigenvalue weighted by atomic mass is 9.84. The number of benzene rings is 5. The summed E-state index contributed by atoms with van der Waals surface area (Å²) < 4.78 is 5.35. The molecule has 0 aliphatic heterocycles. The molecule has 5 aromatic carbocycles. The van der Waals surface area contributed by atoms with Crippen molar-refractivity contribution in [2.45, 2.75) is 76.3 Å². The van der Waals surface area contributed by atoms with Gasteiger partial charge in [-0.1, -0.05) is 117 Å². The Bertz CT molecular complexity index is 2210. The van der Waals surface area contributed by atoms with Crippen LogP contribution in [0.1, 0.15) is 63.4 Å². The number of nitrogens with zero attached hydrogens (tertiary/aromatic N) is 3. The number of nitrogens with one attached hydrogen (secondary N) is 5. The molecule has 348 valence electrons. The van der Waals surface area contributed by atoms with Crippen LogP contribution in [0, 0.1) is 5.92 Å². The Hall–Kier alpha value is -7.02. The third kappa shape index (κ3) is 15.9. The molecule has 0 bridgehead atoms. The van der Waals surface area contributed by atoms with Crippen LogP contribution >= 0.6 is 0 Å². The van der Waals surface area contributed by atoms with Gasteiger partial charge in [-0.3, -0.25) is 0 Å². The summed E-state index contributed by atoms with van der Waals surface area (Å²) in [6, 6.07) is 43.3. The normalized spacial score (nSPS) is 13.3. The van der Waals surface area contributed by atoms with Crippen molar-refractivity contribution in [3.8, 4) is 5.75 Å². The van der Waals surface area contributed by atoms with Crippen LogP contribution in [0.2, 0.25) is 0 Å². The Balaban J connectivity index is 1.24. The summed E-state index contributed by atoms with van der Waals surface area (Å²) in [5, 5.41) is 15.2. The van der Waals surface area contributed by atoms with Crippen molar-refractivity contribution >= 4 is 46.9 Å². The van der Waals surface area contributed by atoms with E-state index in [2.05, 4.69) is 26.6 Å². The van der Waals surface area contributed by atoms with Crippen molar-refractivity contribution < 1.29 is 23.9 Å². The maximum Gasteiger partial charge on any atom is 0.322 e. The van der Waals surface area contributed by atoms with Crippen molar-refractivity contribution in [3.63, 3.8) is 0 Å². The van der Waals surface area contributed by atoms with Gasteiger partial charge in [0.1, 0.15) is 5.75 Å². The zero-order valence-corrected chi connectivity index (χ0v) is 38.4. The predicted octanol–water partition coefficient (Wildman–Crippen LogP) is 11.2. The van der Waals surface area contributed by atoms with E-state index in [0.717, 1.165) is 37.0 Å². The molecule has 2 atom stereocenters. The monoisotopic (exact) mass is 895 g/mol. The fourth-order valence-corrected chi connectivity index (χ4v) is 8.46. The smallest absolute Gasteiger partial charge is 0.322 e. The zero-order chi connectivity index (χ0) is 46.4. The second-order valence-corrected chi connectivity index (χ2v) is 17.0. The molecule has 0 unspecified atom stereocenters. The van der Waals surface area contributed by atoms with Crippen molar-refractivity contribution in [2.24, 2.45) is 5.92 Å². The van der Waals surface area contributed by atoms with Gasteiger partial charge in [0, 0.05) is 56.0 Å². The zero-order valence-electron chi connectivity index (χ0n) is 38.4. The number of anilines is 4. The molecule has 0 spiro atoms. The number of urea groups is 4. The summed E-state index contributed by atoms with van der Waals surface area (Å²) in [6.45, 7) is 1.38. The van der Waals surface area contributed by atoms with Gasteiger partial charge in [0.05, 0.1) is 19.2 Å². The number of hydrogen-bond donors (Lipinski definition) is 5. The minimum atomic E-state index is -0.437. The summed E-state index contributed by atoms with van der Waals surface area (Å²) in [7, 11) is 3.41. The van der Waals surface area contributed by atoms with E-state index in [1.54, 1.807) is 19.1 Å². The molecule has 5 aromatic rings. The van der Waals surface area contributed by atoms with Crippen molar-refractivity contribution in [2.75, 3.05) is 61.6 Å². The molecule has 0 aromatic heterocycles. The van der Waals surface area contributed by atoms with Gasteiger partial charge >= 0.3 is 24.1 Å². The summed E-state index contributed by atoms with van der Waals surface area (Å²) in [5.74, 6) is 1.15. The number of unbranched alkanes of at least 4 members (excludes halogenated alkanes) is 1. The summed E-state index contributed by atoms with van der Waals surface area (Å²) in [6.07, 6.45) is 8.74. The molecule has 0 saturated heterocycles. The molecule has 6 rings (SSSR count).